The van der Waals surface area contributed by atoms with Gasteiger partial charge < -0.3 is 10.4 Å². The lowest BCUT2D eigenvalue weighted by molar-refractivity contribution is 0.0695. The molecule has 0 unspecified atom stereocenters. The van der Waals surface area contributed by atoms with Crippen molar-refractivity contribution in [3.63, 3.8) is 0 Å². The van der Waals surface area contributed by atoms with E-state index in [1.165, 1.54) is 24.4 Å². The summed E-state index contributed by atoms with van der Waals surface area (Å²) < 4.78 is 27.4. The molecule has 0 aliphatic carbocycles. The lowest BCUT2D eigenvalue weighted by atomic mass is 9.88. The van der Waals surface area contributed by atoms with E-state index in [1.807, 2.05) is 18.2 Å². The van der Waals surface area contributed by atoms with Gasteiger partial charge in [0.05, 0.1) is 5.56 Å². The van der Waals surface area contributed by atoms with E-state index in [-0.39, 0.29) is 11.6 Å². The zero-order chi connectivity index (χ0) is 20.4. The molecule has 0 spiro atoms. The van der Waals surface area contributed by atoms with Gasteiger partial charge in [0.15, 0.2) is 0 Å². The van der Waals surface area contributed by atoms with Gasteiger partial charge in [-0.05, 0) is 66.3 Å². The quantitative estimate of drug-likeness (QED) is 0.667. The van der Waals surface area contributed by atoms with Gasteiger partial charge in [0.1, 0.15) is 11.6 Å². The number of halogens is 2. The number of aryl methyl sites for hydroxylation is 1. The third-order valence-electron chi connectivity index (χ3n) is 5.38. The van der Waals surface area contributed by atoms with Crippen LogP contribution in [0.25, 0.3) is 11.1 Å². The minimum Gasteiger partial charge on any atom is -0.478 e. The van der Waals surface area contributed by atoms with Crippen LogP contribution in [0.5, 0.6) is 0 Å². The monoisotopic (exact) mass is 394 g/mol. The van der Waals surface area contributed by atoms with Crippen LogP contribution < -0.4 is 5.32 Å². The van der Waals surface area contributed by atoms with E-state index in [1.54, 1.807) is 6.20 Å². The number of benzene rings is 2. The number of aromatic nitrogens is 1. The maximum atomic E-state index is 14.2. The normalized spacial score (nSPS) is 15.7. The van der Waals surface area contributed by atoms with Crippen LogP contribution in [-0.2, 0) is 12.8 Å². The second-order valence-electron chi connectivity index (χ2n) is 7.17. The SMILES string of the molecule is O=C(O)c1ccncc1CC[C@@H]1NCCc2cc(-c3ccc(F)cc3F)ccc21. The van der Waals surface area contributed by atoms with Crippen molar-refractivity contribution in [2.24, 2.45) is 0 Å². The number of hydrogen-bond donors (Lipinski definition) is 2. The van der Waals surface area contributed by atoms with Gasteiger partial charge in [-0.25, -0.2) is 13.6 Å². The van der Waals surface area contributed by atoms with E-state index >= 15 is 0 Å². The van der Waals surface area contributed by atoms with Gasteiger partial charge in [-0.3, -0.25) is 4.98 Å². The Hall–Kier alpha value is -3.12. The van der Waals surface area contributed by atoms with Crippen LogP contribution in [0, 0.1) is 11.6 Å². The maximum Gasteiger partial charge on any atom is 0.336 e. The number of fused-ring (bicyclic) bond motifs is 1. The summed E-state index contributed by atoms with van der Waals surface area (Å²) in [6.45, 7) is 0.784. The van der Waals surface area contributed by atoms with Gasteiger partial charge in [-0.1, -0.05) is 18.2 Å². The first-order valence-electron chi connectivity index (χ1n) is 9.51. The van der Waals surface area contributed by atoms with Crippen molar-refractivity contribution < 1.29 is 18.7 Å². The van der Waals surface area contributed by atoms with E-state index in [2.05, 4.69) is 10.3 Å². The summed E-state index contributed by atoms with van der Waals surface area (Å²) in [7, 11) is 0. The van der Waals surface area contributed by atoms with E-state index in [0.29, 0.717) is 17.5 Å². The van der Waals surface area contributed by atoms with Crippen LogP contribution >= 0.6 is 0 Å². The second kappa shape index (κ2) is 8.09. The number of nitrogens with one attached hydrogen (secondary N) is 1. The average molecular weight is 394 g/mol. The number of nitrogens with zero attached hydrogens (tertiary/aromatic N) is 1. The molecule has 1 atom stereocenters. The number of carboxylic acids is 1. The van der Waals surface area contributed by atoms with Crippen LogP contribution in [-0.4, -0.2) is 22.6 Å². The molecule has 0 saturated carbocycles. The Bertz CT molecular complexity index is 1070. The molecule has 2 heterocycles. The highest BCUT2D eigenvalue weighted by atomic mass is 19.1. The minimum atomic E-state index is -0.953. The molecule has 0 bridgehead atoms. The van der Waals surface area contributed by atoms with Crippen LogP contribution in [0.2, 0.25) is 0 Å². The van der Waals surface area contributed by atoms with E-state index in [0.717, 1.165) is 42.1 Å². The Kier molecular flexibility index (Phi) is 5.36. The molecule has 0 amide bonds. The van der Waals surface area contributed by atoms with Crippen molar-refractivity contribution in [1.29, 1.82) is 0 Å². The minimum absolute atomic E-state index is 0.0766. The first-order valence-corrected chi connectivity index (χ1v) is 9.51. The fraction of sp³-hybridized carbons (Fsp3) is 0.217. The fourth-order valence-electron chi connectivity index (χ4n) is 3.94. The molecule has 1 aliphatic rings. The lowest BCUT2D eigenvalue weighted by Crippen LogP contribution is -2.30. The smallest absolute Gasteiger partial charge is 0.336 e. The number of pyridine rings is 1. The number of rotatable bonds is 5. The number of aromatic carboxylic acids is 1. The molecule has 0 radical (unpaired) electrons. The fourth-order valence-corrected chi connectivity index (χ4v) is 3.94. The Labute approximate surface area is 167 Å². The molecule has 29 heavy (non-hydrogen) atoms. The second-order valence-corrected chi connectivity index (χ2v) is 7.17. The van der Waals surface area contributed by atoms with Crippen LogP contribution in [0.15, 0.2) is 54.9 Å². The van der Waals surface area contributed by atoms with Crippen molar-refractivity contribution in [3.05, 3.63) is 88.7 Å². The van der Waals surface area contributed by atoms with Gasteiger partial charge in [0, 0.05) is 30.1 Å². The molecule has 1 aromatic heterocycles. The summed E-state index contributed by atoms with van der Waals surface area (Å²) in [5, 5.41) is 12.8. The van der Waals surface area contributed by atoms with Gasteiger partial charge in [-0.2, -0.15) is 0 Å². The molecular formula is C23H20F2N2O2. The molecule has 4 nitrogen and oxygen atoms in total. The first-order chi connectivity index (χ1) is 14.0. The highest BCUT2D eigenvalue weighted by Crippen LogP contribution is 2.32. The summed E-state index contributed by atoms with van der Waals surface area (Å²) in [6.07, 6.45) is 5.21. The van der Waals surface area contributed by atoms with E-state index < -0.39 is 17.6 Å². The van der Waals surface area contributed by atoms with Crippen molar-refractivity contribution in [2.75, 3.05) is 6.54 Å². The third kappa shape index (κ3) is 4.03. The molecule has 0 fully saturated rings. The van der Waals surface area contributed by atoms with Crippen LogP contribution in [0.4, 0.5) is 8.78 Å². The summed E-state index contributed by atoms with van der Waals surface area (Å²) >= 11 is 0. The number of carboxylic acid groups (broad SMARTS) is 1. The molecule has 0 saturated heterocycles. The Balaban J connectivity index is 1.57. The molecule has 2 aromatic carbocycles. The molecule has 3 aromatic rings. The standard InChI is InChI=1S/C23H20F2N2O2/c24-17-3-5-18(21(25)12-17)14-1-4-19-15(11-14)7-10-27-22(19)6-2-16-13-26-9-8-20(16)23(28)29/h1,3-5,8-9,11-13,22,27H,2,6-7,10H2,(H,28,29)/t22-/m0/s1. The van der Waals surface area contributed by atoms with Gasteiger partial charge in [-0.15, -0.1) is 0 Å². The largest absolute Gasteiger partial charge is 0.478 e. The Morgan fingerprint density at radius 2 is 2.03 bits per heavy atom. The predicted octanol–water partition coefficient (Wildman–Crippen LogP) is 4.54. The van der Waals surface area contributed by atoms with Crippen molar-refractivity contribution in [2.45, 2.75) is 25.3 Å². The maximum absolute atomic E-state index is 14.2. The van der Waals surface area contributed by atoms with Crippen molar-refractivity contribution in [3.8, 4) is 11.1 Å². The zero-order valence-electron chi connectivity index (χ0n) is 15.7. The summed E-state index contributed by atoms with van der Waals surface area (Å²) in [4.78, 5) is 15.4. The molecule has 148 valence electrons. The molecule has 1 aliphatic heterocycles. The van der Waals surface area contributed by atoms with Crippen molar-refractivity contribution in [1.82, 2.24) is 10.3 Å². The predicted molar refractivity (Wildman–Crippen MR) is 106 cm³/mol. The molecular weight excluding hydrogens is 374 g/mol. The highest BCUT2D eigenvalue weighted by molar-refractivity contribution is 5.89. The van der Waals surface area contributed by atoms with Crippen LogP contribution in [0.1, 0.15) is 39.5 Å². The number of carbonyl (C=O) groups is 1. The summed E-state index contributed by atoms with van der Waals surface area (Å²) in [6, 6.07) is 11.0. The summed E-state index contributed by atoms with van der Waals surface area (Å²) in [5.41, 5.74) is 4.34. The van der Waals surface area contributed by atoms with Crippen molar-refractivity contribution >= 4 is 5.97 Å². The first kappa shape index (κ1) is 19.2. The molecule has 2 N–H and O–H groups in total. The number of hydrogen-bond acceptors (Lipinski definition) is 3. The Morgan fingerprint density at radius 1 is 1.17 bits per heavy atom. The van der Waals surface area contributed by atoms with Gasteiger partial charge in [0.25, 0.3) is 0 Å². The highest BCUT2D eigenvalue weighted by Gasteiger charge is 2.21. The molecule has 4 rings (SSSR count). The van der Waals surface area contributed by atoms with E-state index in [4.69, 9.17) is 0 Å². The van der Waals surface area contributed by atoms with E-state index in [9.17, 15) is 18.7 Å². The zero-order valence-corrected chi connectivity index (χ0v) is 15.7. The summed E-state index contributed by atoms with van der Waals surface area (Å²) in [5.74, 6) is -2.12. The molecule has 6 heteroatoms. The third-order valence-corrected chi connectivity index (χ3v) is 5.38. The Morgan fingerprint density at radius 3 is 2.83 bits per heavy atom. The topological polar surface area (TPSA) is 62.2 Å². The van der Waals surface area contributed by atoms with Gasteiger partial charge in [0.2, 0.25) is 0 Å². The lowest BCUT2D eigenvalue weighted by Gasteiger charge is -2.28. The van der Waals surface area contributed by atoms with Gasteiger partial charge >= 0.3 is 5.97 Å². The average Bonchev–Trinajstić information content (AvgIpc) is 2.72. The van der Waals surface area contributed by atoms with Crippen LogP contribution in [0.3, 0.4) is 0 Å².